The Kier molecular flexibility index (Phi) is 4.93. The molecule has 2 rings (SSSR count). The smallest absolute Gasteiger partial charge is 0.244 e. The summed E-state index contributed by atoms with van der Waals surface area (Å²) in [4.78, 5) is 16.4. The zero-order chi connectivity index (χ0) is 13.7. The second-order valence-corrected chi connectivity index (χ2v) is 5.04. The monoisotopic (exact) mass is 262 g/mol. The van der Waals surface area contributed by atoms with E-state index in [1.54, 1.807) is 0 Å². The maximum atomic E-state index is 12.4. The predicted molar refractivity (Wildman–Crippen MR) is 76.1 cm³/mol. The average molecular weight is 262 g/mol. The van der Waals surface area contributed by atoms with Crippen LogP contribution in [-0.4, -0.2) is 48.7 Å². The fourth-order valence-electron chi connectivity index (χ4n) is 2.57. The van der Waals surface area contributed by atoms with Gasteiger partial charge >= 0.3 is 0 Å². The van der Waals surface area contributed by atoms with E-state index < -0.39 is 0 Å². The molecule has 1 aromatic carbocycles. The lowest BCUT2D eigenvalue weighted by Gasteiger charge is -2.23. The number of amides is 1. The van der Waals surface area contributed by atoms with E-state index in [1.807, 2.05) is 42.3 Å². The number of hydrogen-bond acceptors (Lipinski definition) is 3. The highest BCUT2D eigenvalue weighted by Gasteiger charge is 2.34. The van der Waals surface area contributed by atoms with Gasteiger partial charge in [0.25, 0.3) is 0 Å². The number of anilines is 1. The van der Waals surface area contributed by atoms with E-state index in [2.05, 4.69) is 4.90 Å². The molecule has 19 heavy (non-hydrogen) atoms. The van der Waals surface area contributed by atoms with E-state index in [1.165, 1.54) is 0 Å². The number of aliphatic hydroxyl groups excluding tert-OH is 1. The van der Waals surface area contributed by atoms with Crippen LogP contribution in [0.3, 0.4) is 0 Å². The van der Waals surface area contributed by atoms with Crippen LogP contribution in [-0.2, 0) is 4.79 Å². The van der Waals surface area contributed by atoms with Crippen molar-refractivity contribution in [3.63, 3.8) is 0 Å². The second-order valence-electron chi connectivity index (χ2n) is 5.04. The van der Waals surface area contributed by atoms with E-state index in [0.29, 0.717) is 0 Å². The van der Waals surface area contributed by atoms with Crippen LogP contribution in [0, 0.1) is 0 Å². The number of carbonyl (C=O) groups is 1. The number of nitrogens with zero attached hydrogens (tertiary/aromatic N) is 2. The Morgan fingerprint density at radius 1 is 1.32 bits per heavy atom. The number of hydrogen-bond donors (Lipinski definition) is 1. The third-order valence-electron chi connectivity index (χ3n) is 3.70. The summed E-state index contributed by atoms with van der Waals surface area (Å²) in [5.74, 6) is 0.192. The zero-order valence-electron chi connectivity index (χ0n) is 11.5. The molecule has 4 nitrogen and oxygen atoms in total. The van der Waals surface area contributed by atoms with Gasteiger partial charge in [-0.2, -0.15) is 0 Å². The summed E-state index contributed by atoms with van der Waals surface area (Å²) in [6.45, 7) is 1.88. The highest BCUT2D eigenvalue weighted by Crippen LogP contribution is 2.23. The first kappa shape index (κ1) is 14.0. The molecule has 1 N–H and O–H groups in total. The molecular weight excluding hydrogens is 240 g/mol. The first-order chi connectivity index (χ1) is 9.24. The molecule has 1 atom stereocenters. The normalized spacial score (nSPS) is 19.4. The van der Waals surface area contributed by atoms with Crippen molar-refractivity contribution >= 4 is 11.6 Å². The van der Waals surface area contributed by atoms with Crippen LogP contribution in [0.5, 0.6) is 0 Å². The topological polar surface area (TPSA) is 43.8 Å². The lowest BCUT2D eigenvalue weighted by molar-refractivity contribution is -0.121. The standard InChI is InChI=1S/C15H22N2O2/c1-16(10-5-6-12-18)14-9-11-17(15(14)19)13-7-3-2-4-8-13/h2-4,7-8,14,18H,5-6,9-12H2,1H3. The van der Waals surface area contributed by atoms with Gasteiger partial charge in [-0.1, -0.05) is 18.2 Å². The summed E-state index contributed by atoms with van der Waals surface area (Å²) in [5.41, 5.74) is 0.985. The Balaban J connectivity index is 1.94. The van der Waals surface area contributed by atoms with E-state index in [9.17, 15) is 4.79 Å². The van der Waals surface area contributed by atoms with Crippen molar-refractivity contribution in [1.82, 2.24) is 4.90 Å². The van der Waals surface area contributed by atoms with Gasteiger partial charge in [0.1, 0.15) is 0 Å². The van der Waals surface area contributed by atoms with Crippen LogP contribution in [0.4, 0.5) is 5.69 Å². The first-order valence-electron chi connectivity index (χ1n) is 6.91. The Bertz CT molecular complexity index is 408. The van der Waals surface area contributed by atoms with Gasteiger partial charge in [-0.25, -0.2) is 0 Å². The molecule has 1 amide bonds. The van der Waals surface area contributed by atoms with Gasteiger partial charge in [-0.05, 0) is 45.0 Å². The van der Waals surface area contributed by atoms with Gasteiger partial charge in [0, 0.05) is 18.8 Å². The third kappa shape index (κ3) is 3.33. The SMILES string of the molecule is CN(CCCCO)C1CCN(c2ccccc2)C1=O. The number of unbranched alkanes of at least 4 members (excludes halogenated alkanes) is 1. The van der Waals surface area contributed by atoms with Gasteiger partial charge in [0.2, 0.25) is 5.91 Å². The molecule has 4 heteroatoms. The molecule has 1 aliphatic heterocycles. The molecule has 0 spiro atoms. The maximum absolute atomic E-state index is 12.4. The van der Waals surface area contributed by atoms with Crippen molar-refractivity contribution in [1.29, 1.82) is 0 Å². The van der Waals surface area contributed by atoms with Crippen LogP contribution >= 0.6 is 0 Å². The summed E-state index contributed by atoms with van der Waals surface area (Å²) < 4.78 is 0. The van der Waals surface area contributed by atoms with E-state index in [-0.39, 0.29) is 18.6 Å². The van der Waals surface area contributed by atoms with E-state index >= 15 is 0 Å². The van der Waals surface area contributed by atoms with Crippen LogP contribution < -0.4 is 4.90 Å². The van der Waals surface area contributed by atoms with Crippen molar-refractivity contribution in [3.8, 4) is 0 Å². The Labute approximate surface area is 114 Å². The van der Waals surface area contributed by atoms with E-state index in [4.69, 9.17) is 5.11 Å². The molecule has 1 aromatic rings. The molecule has 0 radical (unpaired) electrons. The quantitative estimate of drug-likeness (QED) is 0.790. The molecule has 0 bridgehead atoms. The number of para-hydroxylation sites is 1. The highest BCUT2D eigenvalue weighted by molar-refractivity contribution is 5.99. The number of aliphatic hydroxyl groups is 1. The molecule has 104 valence electrons. The van der Waals surface area contributed by atoms with Crippen LogP contribution in [0.15, 0.2) is 30.3 Å². The summed E-state index contributed by atoms with van der Waals surface area (Å²) in [6.07, 6.45) is 2.61. The number of benzene rings is 1. The molecule has 1 heterocycles. The lowest BCUT2D eigenvalue weighted by Crippen LogP contribution is -2.40. The minimum atomic E-state index is -0.0149. The molecule has 0 aromatic heterocycles. The van der Waals surface area contributed by atoms with Crippen molar-refractivity contribution in [3.05, 3.63) is 30.3 Å². The van der Waals surface area contributed by atoms with Crippen molar-refractivity contribution in [2.75, 3.05) is 31.6 Å². The fourth-order valence-corrected chi connectivity index (χ4v) is 2.57. The molecule has 0 saturated carbocycles. The minimum absolute atomic E-state index is 0.0149. The molecule has 1 fully saturated rings. The number of rotatable bonds is 6. The molecule has 0 aliphatic carbocycles. The Hall–Kier alpha value is -1.39. The van der Waals surface area contributed by atoms with Crippen LogP contribution in [0.2, 0.25) is 0 Å². The summed E-state index contributed by atoms with van der Waals surface area (Å²) in [5, 5.41) is 8.79. The van der Waals surface area contributed by atoms with Crippen LogP contribution in [0.1, 0.15) is 19.3 Å². The maximum Gasteiger partial charge on any atom is 0.244 e. The third-order valence-corrected chi connectivity index (χ3v) is 3.70. The van der Waals surface area contributed by atoms with Gasteiger partial charge < -0.3 is 10.0 Å². The summed E-state index contributed by atoms with van der Waals surface area (Å²) in [7, 11) is 1.99. The minimum Gasteiger partial charge on any atom is -0.396 e. The molecular formula is C15H22N2O2. The summed E-state index contributed by atoms with van der Waals surface area (Å²) in [6, 6.07) is 9.82. The van der Waals surface area contributed by atoms with Crippen molar-refractivity contribution < 1.29 is 9.90 Å². The Morgan fingerprint density at radius 3 is 2.74 bits per heavy atom. The molecule has 1 saturated heterocycles. The first-order valence-corrected chi connectivity index (χ1v) is 6.91. The zero-order valence-corrected chi connectivity index (χ0v) is 11.5. The van der Waals surface area contributed by atoms with E-state index in [0.717, 1.165) is 38.0 Å². The number of carbonyl (C=O) groups excluding carboxylic acids is 1. The largest absolute Gasteiger partial charge is 0.396 e. The van der Waals surface area contributed by atoms with Gasteiger partial charge in [-0.3, -0.25) is 9.69 Å². The van der Waals surface area contributed by atoms with Crippen LogP contribution in [0.25, 0.3) is 0 Å². The van der Waals surface area contributed by atoms with Crippen molar-refractivity contribution in [2.24, 2.45) is 0 Å². The molecule has 1 unspecified atom stereocenters. The highest BCUT2D eigenvalue weighted by atomic mass is 16.2. The Morgan fingerprint density at radius 2 is 2.05 bits per heavy atom. The summed E-state index contributed by atoms with van der Waals surface area (Å²) >= 11 is 0. The van der Waals surface area contributed by atoms with Crippen molar-refractivity contribution in [2.45, 2.75) is 25.3 Å². The average Bonchev–Trinajstić information content (AvgIpc) is 2.82. The predicted octanol–water partition coefficient (Wildman–Crippen LogP) is 1.50. The fraction of sp³-hybridized carbons (Fsp3) is 0.533. The second kappa shape index (κ2) is 6.68. The van der Waals surface area contributed by atoms with Gasteiger partial charge in [-0.15, -0.1) is 0 Å². The molecule has 1 aliphatic rings. The number of likely N-dealkylation sites (N-methyl/N-ethyl adjacent to an activating group) is 1. The lowest BCUT2D eigenvalue weighted by atomic mass is 10.2. The van der Waals surface area contributed by atoms with Gasteiger partial charge in [0.05, 0.1) is 6.04 Å². The van der Waals surface area contributed by atoms with Gasteiger partial charge in [0.15, 0.2) is 0 Å².